The molecule has 5 rings (SSSR count). The lowest BCUT2D eigenvalue weighted by atomic mass is 10.0. The number of amides is 1. The quantitative estimate of drug-likeness (QED) is 0.440. The zero-order valence-electron chi connectivity index (χ0n) is 21.0. The molecule has 2 atom stereocenters. The average Bonchev–Trinajstić information content (AvgIpc) is 3.44. The van der Waals surface area contributed by atoms with Crippen molar-refractivity contribution in [2.75, 3.05) is 19.7 Å². The molecule has 2 aliphatic heterocycles. The lowest BCUT2D eigenvalue weighted by Gasteiger charge is -2.35. The number of aliphatic imine (C=N–C) groups is 1. The molecule has 0 N–H and O–H groups in total. The fourth-order valence-corrected chi connectivity index (χ4v) is 5.48. The number of carbonyl (C=O) groups excluding carboxylic acids is 1. The third kappa shape index (κ3) is 5.10. The minimum atomic E-state index is -0.219. The van der Waals surface area contributed by atoms with Crippen molar-refractivity contribution in [2.24, 2.45) is 4.99 Å². The second kappa shape index (κ2) is 10.3. The molecule has 0 spiro atoms. The van der Waals surface area contributed by atoms with Crippen LogP contribution >= 0.6 is 11.8 Å². The van der Waals surface area contributed by atoms with Crippen molar-refractivity contribution < 1.29 is 14.3 Å². The molecule has 1 saturated heterocycles. The molecule has 2 aromatic carbocycles. The second-order valence-corrected chi connectivity index (χ2v) is 10.1. The summed E-state index contributed by atoms with van der Waals surface area (Å²) < 4.78 is 13.4. The van der Waals surface area contributed by atoms with Crippen LogP contribution in [0.1, 0.15) is 31.9 Å². The van der Waals surface area contributed by atoms with Gasteiger partial charge in [0.2, 0.25) is 0 Å². The van der Waals surface area contributed by atoms with Crippen LogP contribution in [-0.2, 0) is 9.53 Å². The van der Waals surface area contributed by atoms with Gasteiger partial charge >= 0.3 is 0 Å². The summed E-state index contributed by atoms with van der Waals surface area (Å²) in [5.74, 6) is 0.639. The van der Waals surface area contributed by atoms with Crippen LogP contribution in [0.5, 0.6) is 5.75 Å². The molecule has 7 nitrogen and oxygen atoms in total. The van der Waals surface area contributed by atoms with E-state index in [1.54, 1.807) is 0 Å². The van der Waals surface area contributed by atoms with Crippen LogP contribution in [0.2, 0.25) is 0 Å². The highest BCUT2D eigenvalue weighted by atomic mass is 32.2. The largest absolute Gasteiger partial charge is 0.494 e. The molecule has 0 saturated carbocycles. The smallest absolute Gasteiger partial charge is 0.286 e. The van der Waals surface area contributed by atoms with Crippen molar-refractivity contribution >= 4 is 28.9 Å². The number of benzene rings is 2. The van der Waals surface area contributed by atoms with Crippen LogP contribution in [0.15, 0.2) is 64.6 Å². The van der Waals surface area contributed by atoms with Gasteiger partial charge in [-0.1, -0.05) is 18.2 Å². The number of aryl methyl sites for hydroxylation is 1. The molecule has 1 fully saturated rings. The molecule has 8 heteroatoms. The molecule has 186 valence electrons. The molecule has 36 heavy (non-hydrogen) atoms. The van der Waals surface area contributed by atoms with Gasteiger partial charge in [-0.25, -0.2) is 4.68 Å². The number of para-hydroxylation sites is 1. The van der Waals surface area contributed by atoms with E-state index in [1.807, 2.05) is 87.1 Å². The Labute approximate surface area is 215 Å². The van der Waals surface area contributed by atoms with Crippen LogP contribution in [0.4, 0.5) is 0 Å². The monoisotopic (exact) mass is 502 g/mol. The highest BCUT2D eigenvalue weighted by Crippen LogP contribution is 2.35. The van der Waals surface area contributed by atoms with E-state index >= 15 is 0 Å². The molecule has 3 aromatic rings. The summed E-state index contributed by atoms with van der Waals surface area (Å²) in [7, 11) is 0. The number of morpholine rings is 1. The normalized spacial score (nSPS) is 21.2. The van der Waals surface area contributed by atoms with Gasteiger partial charge in [-0.05, 0) is 81.4 Å². The van der Waals surface area contributed by atoms with Crippen LogP contribution in [0, 0.1) is 6.92 Å². The lowest BCUT2D eigenvalue weighted by Crippen LogP contribution is -2.47. The Kier molecular flexibility index (Phi) is 6.98. The predicted octanol–water partition coefficient (Wildman–Crippen LogP) is 5.33. The summed E-state index contributed by atoms with van der Waals surface area (Å²) in [6.07, 6.45) is 4.07. The van der Waals surface area contributed by atoms with Crippen molar-refractivity contribution in [1.82, 2.24) is 14.7 Å². The van der Waals surface area contributed by atoms with Gasteiger partial charge in [-0.2, -0.15) is 10.1 Å². The molecular formula is C28H30N4O3S. The minimum Gasteiger partial charge on any atom is -0.494 e. The number of aromatic nitrogens is 2. The van der Waals surface area contributed by atoms with E-state index in [-0.39, 0.29) is 18.1 Å². The standard InChI is InChI=1S/C28H30N4O3S/c1-5-34-24-12-11-21(13-18(24)2)26-22(17-32(30-26)23-9-7-6-8-10-23)14-25-27(33)29-28(36-25)31-15-19(3)35-20(4)16-31/h6-14,17,19-20H,5,15-16H2,1-4H3/b25-14-/t19-,20-/m1/s1. The molecule has 1 amide bonds. The predicted molar refractivity (Wildman–Crippen MR) is 144 cm³/mol. The summed E-state index contributed by atoms with van der Waals surface area (Å²) in [6.45, 7) is 10.2. The number of hydrogen-bond acceptors (Lipinski definition) is 6. The van der Waals surface area contributed by atoms with Crippen molar-refractivity contribution in [2.45, 2.75) is 39.9 Å². The Morgan fingerprint density at radius 1 is 1.14 bits per heavy atom. The van der Waals surface area contributed by atoms with Gasteiger partial charge in [-0.15, -0.1) is 0 Å². The summed E-state index contributed by atoms with van der Waals surface area (Å²) >= 11 is 1.42. The number of ether oxygens (including phenoxy) is 2. The van der Waals surface area contributed by atoms with Gasteiger partial charge < -0.3 is 14.4 Å². The van der Waals surface area contributed by atoms with Crippen molar-refractivity contribution in [1.29, 1.82) is 0 Å². The average molecular weight is 503 g/mol. The molecule has 0 bridgehead atoms. The Hall–Kier alpha value is -3.36. The summed E-state index contributed by atoms with van der Waals surface area (Å²) in [5.41, 5.74) is 4.61. The van der Waals surface area contributed by atoms with Gasteiger partial charge in [0.05, 0.1) is 29.4 Å². The Morgan fingerprint density at radius 3 is 2.58 bits per heavy atom. The zero-order chi connectivity index (χ0) is 25.2. The molecule has 0 radical (unpaired) electrons. The maximum atomic E-state index is 12.9. The number of carbonyl (C=O) groups is 1. The molecule has 2 aliphatic rings. The van der Waals surface area contributed by atoms with Gasteiger partial charge in [-0.3, -0.25) is 4.79 Å². The van der Waals surface area contributed by atoms with E-state index in [0.717, 1.165) is 52.1 Å². The topological polar surface area (TPSA) is 68.9 Å². The second-order valence-electron chi connectivity index (χ2n) is 9.10. The molecule has 0 unspecified atom stereocenters. The molecule has 3 heterocycles. The van der Waals surface area contributed by atoms with E-state index in [1.165, 1.54) is 11.8 Å². The maximum absolute atomic E-state index is 12.9. The fourth-order valence-electron chi connectivity index (χ4n) is 4.55. The minimum absolute atomic E-state index is 0.0961. The number of nitrogens with zero attached hydrogens (tertiary/aromatic N) is 4. The maximum Gasteiger partial charge on any atom is 0.286 e. The van der Waals surface area contributed by atoms with E-state index in [9.17, 15) is 4.79 Å². The number of thioether (sulfide) groups is 1. The molecule has 1 aromatic heterocycles. The number of hydrogen-bond donors (Lipinski definition) is 0. The van der Waals surface area contributed by atoms with Crippen LogP contribution in [0.3, 0.4) is 0 Å². The van der Waals surface area contributed by atoms with Crippen LogP contribution < -0.4 is 4.74 Å². The Morgan fingerprint density at radius 2 is 1.89 bits per heavy atom. The first-order valence-electron chi connectivity index (χ1n) is 12.2. The van der Waals surface area contributed by atoms with E-state index < -0.39 is 0 Å². The highest BCUT2D eigenvalue weighted by Gasteiger charge is 2.31. The van der Waals surface area contributed by atoms with Crippen LogP contribution in [0.25, 0.3) is 23.0 Å². The van der Waals surface area contributed by atoms with Crippen LogP contribution in [-0.4, -0.2) is 57.7 Å². The molecular weight excluding hydrogens is 472 g/mol. The number of rotatable bonds is 5. The zero-order valence-corrected chi connectivity index (χ0v) is 21.8. The SMILES string of the molecule is CCOc1ccc(-c2nn(-c3ccccc3)cc2/C=C2\SC(N3C[C@@H](C)O[C@H](C)C3)=NC2=O)cc1C. The van der Waals surface area contributed by atoms with Crippen molar-refractivity contribution in [3.63, 3.8) is 0 Å². The Bertz CT molecular complexity index is 1320. The van der Waals surface area contributed by atoms with Gasteiger partial charge in [0.1, 0.15) is 11.4 Å². The Balaban J connectivity index is 1.50. The lowest BCUT2D eigenvalue weighted by molar-refractivity contribution is -0.113. The van der Waals surface area contributed by atoms with Gasteiger partial charge in [0.15, 0.2) is 5.17 Å². The van der Waals surface area contributed by atoms with Gasteiger partial charge in [0.25, 0.3) is 5.91 Å². The van der Waals surface area contributed by atoms with E-state index in [4.69, 9.17) is 14.6 Å². The van der Waals surface area contributed by atoms with Crippen molar-refractivity contribution in [3.8, 4) is 22.7 Å². The summed E-state index contributed by atoms with van der Waals surface area (Å²) in [4.78, 5) is 20.0. The number of amidine groups is 1. The third-order valence-corrected chi connectivity index (χ3v) is 7.14. The summed E-state index contributed by atoms with van der Waals surface area (Å²) in [6, 6.07) is 16.0. The first kappa shape index (κ1) is 24.3. The summed E-state index contributed by atoms with van der Waals surface area (Å²) in [5, 5.41) is 5.65. The van der Waals surface area contributed by atoms with E-state index in [0.29, 0.717) is 11.5 Å². The van der Waals surface area contributed by atoms with E-state index in [2.05, 4.69) is 16.0 Å². The first-order valence-corrected chi connectivity index (χ1v) is 13.0. The highest BCUT2D eigenvalue weighted by molar-refractivity contribution is 8.18. The molecule has 0 aliphatic carbocycles. The fraction of sp³-hybridized carbons (Fsp3) is 0.321. The van der Waals surface area contributed by atoms with Crippen molar-refractivity contribution in [3.05, 3.63) is 70.8 Å². The first-order chi connectivity index (χ1) is 17.4. The van der Waals surface area contributed by atoms with Gasteiger partial charge in [0, 0.05) is 30.4 Å². The third-order valence-electron chi connectivity index (χ3n) is 6.10.